The topological polar surface area (TPSA) is 34.1 Å². The molecule has 2 nitrogen and oxygen atoms in total. The van der Waals surface area contributed by atoms with Gasteiger partial charge in [-0.25, -0.2) is 0 Å². The fraction of sp³-hybridized carbons (Fsp3) is 0. The van der Waals surface area contributed by atoms with Gasteiger partial charge in [0.1, 0.15) is 0 Å². The van der Waals surface area contributed by atoms with Gasteiger partial charge in [-0.1, -0.05) is 0 Å². The Balaban J connectivity index is 3.32. The van der Waals surface area contributed by atoms with Crippen LogP contribution in [0.1, 0.15) is 0 Å². The Kier molecular flexibility index (Phi) is 1.83. The molecule has 6 heteroatoms. The molecule has 12 heavy (non-hydrogen) atoms. The van der Waals surface area contributed by atoms with Crippen LogP contribution in [0.2, 0.25) is 0 Å². The van der Waals surface area contributed by atoms with Crippen molar-refractivity contribution in [2.45, 2.75) is 0 Å². The highest BCUT2D eigenvalue weighted by molar-refractivity contribution is 6.21. The van der Waals surface area contributed by atoms with E-state index in [1.807, 2.05) is 0 Å². The minimum Gasteiger partial charge on any atom is -0.283 e. The zero-order valence-electron chi connectivity index (χ0n) is 5.33. The predicted molar refractivity (Wildman–Crippen MR) is 28.5 cm³/mol. The van der Waals surface area contributed by atoms with Crippen molar-refractivity contribution in [3.63, 3.8) is 0 Å². The molecule has 0 radical (unpaired) electrons. The van der Waals surface area contributed by atoms with Crippen molar-refractivity contribution in [1.29, 1.82) is 0 Å². The first-order chi connectivity index (χ1) is 5.46. The summed E-state index contributed by atoms with van der Waals surface area (Å²) < 4.78 is 48.6. The lowest BCUT2D eigenvalue weighted by molar-refractivity contribution is -0.120. The van der Waals surface area contributed by atoms with Crippen molar-refractivity contribution in [3.8, 4) is 0 Å². The molecule has 0 fully saturated rings. The van der Waals surface area contributed by atoms with Gasteiger partial charge in [-0.05, 0) is 0 Å². The molecule has 0 aromatic heterocycles. The molecule has 0 unspecified atom stereocenters. The van der Waals surface area contributed by atoms with Crippen LogP contribution in [0, 0.1) is 0 Å². The molecule has 0 heterocycles. The van der Waals surface area contributed by atoms with E-state index in [9.17, 15) is 27.2 Å². The van der Waals surface area contributed by atoms with Crippen LogP contribution in [0.15, 0.2) is 23.3 Å². The molecule has 0 spiro atoms. The van der Waals surface area contributed by atoms with Gasteiger partial charge in [0.05, 0.1) is 0 Å². The van der Waals surface area contributed by atoms with Crippen LogP contribution < -0.4 is 0 Å². The van der Waals surface area contributed by atoms with Crippen LogP contribution >= 0.6 is 0 Å². The SMILES string of the molecule is O=C1C(F)=C(F)C(=O)C(F)=C1F. The van der Waals surface area contributed by atoms with E-state index in [4.69, 9.17) is 0 Å². The molecule has 0 atom stereocenters. The van der Waals surface area contributed by atoms with E-state index in [-0.39, 0.29) is 0 Å². The van der Waals surface area contributed by atoms with Crippen molar-refractivity contribution in [1.82, 2.24) is 0 Å². The van der Waals surface area contributed by atoms with Gasteiger partial charge >= 0.3 is 0 Å². The zero-order chi connectivity index (χ0) is 9.46. The Morgan fingerprint density at radius 2 is 0.750 bits per heavy atom. The average Bonchev–Trinajstić information content (AvgIpc) is 2.08. The highest BCUT2D eigenvalue weighted by Crippen LogP contribution is 2.27. The molecule has 0 aromatic carbocycles. The van der Waals surface area contributed by atoms with Gasteiger partial charge in [-0.2, -0.15) is 17.6 Å². The summed E-state index contributed by atoms with van der Waals surface area (Å²) in [6, 6.07) is 0. The van der Waals surface area contributed by atoms with Gasteiger partial charge in [-0.15, -0.1) is 0 Å². The maximum atomic E-state index is 12.1. The quantitative estimate of drug-likeness (QED) is 0.417. The highest BCUT2D eigenvalue weighted by Gasteiger charge is 2.36. The molecule has 0 saturated heterocycles. The fourth-order valence-electron chi connectivity index (χ4n) is 0.591. The third-order valence-electron chi connectivity index (χ3n) is 1.18. The first-order valence-electron chi connectivity index (χ1n) is 2.66. The molecule has 0 aliphatic heterocycles. The molecule has 1 aliphatic rings. The largest absolute Gasteiger partial charge is 0.283 e. The van der Waals surface area contributed by atoms with Crippen LogP contribution in [0.25, 0.3) is 0 Å². The summed E-state index contributed by atoms with van der Waals surface area (Å²) in [5.74, 6) is -12.9. The lowest BCUT2D eigenvalue weighted by Crippen LogP contribution is -2.16. The minimum absolute atomic E-state index is 2.08. The van der Waals surface area contributed by atoms with Crippen molar-refractivity contribution in [2.75, 3.05) is 0 Å². The molecule has 0 bridgehead atoms. The third kappa shape index (κ3) is 0.956. The molecular formula is C6F4O2. The standard InChI is InChI=1S/C6F4O2/c7-1-2(8)6(12)4(10)3(9)5(1)11. The molecule has 64 valence electrons. The van der Waals surface area contributed by atoms with Crippen LogP contribution in [0.5, 0.6) is 0 Å². The molecular weight excluding hydrogens is 180 g/mol. The number of hydrogen-bond donors (Lipinski definition) is 0. The molecule has 0 amide bonds. The van der Waals surface area contributed by atoms with Gasteiger partial charge in [0.25, 0.3) is 11.6 Å². The number of carbonyl (C=O) groups excluding carboxylic acids is 2. The Hall–Kier alpha value is -1.46. The number of Topliss-reactive ketones (excluding diaryl/α,β-unsaturated/α-hetero) is 2. The first kappa shape index (κ1) is 8.63. The summed E-state index contributed by atoms with van der Waals surface area (Å²) in [5, 5.41) is 0. The lowest BCUT2D eigenvalue weighted by atomic mass is 10.1. The highest BCUT2D eigenvalue weighted by atomic mass is 19.2. The van der Waals surface area contributed by atoms with Gasteiger partial charge in [0.2, 0.25) is 23.3 Å². The van der Waals surface area contributed by atoms with E-state index < -0.39 is 34.9 Å². The second kappa shape index (κ2) is 2.54. The number of carbonyl (C=O) groups is 2. The fourth-order valence-corrected chi connectivity index (χ4v) is 0.591. The van der Waals surface area contributed by atoms with E-state index >= 15 is 0 Å². The Morgan fingerprint density at radius 1 is 0.583 bits per heavy atom. The third-order valence-corrected chi connectivity index (χ3v) is 1.18. The molecule has 0 saturated carbocycles. The van der Waals surface area contributed by atoms with E-state index in [1.165, 1.54) is 0 Å². The Bertz CT molecular complexity index is 277. The van der Waals surface area contributed by atoms with Crippen LogP contribution in [0.4, 0.5) is 17.6 Å². The maximum Gasteiger partial charge on any atom is 0.256 e. The van der Waals surface area contributed by atoms with Gasteiger partial charge in [0.15, 0.2) is 0 Å². The number of hydrogen-bond acceptors (Lipinski definition) is 2. The van der Waals surface area contributed by atoms with E-state index in [0.29, 0.717) is 0 Å². The number of rotatable bonds is 0. The summed E-state index contributed by atoms with van der Waals surface area (Å²) in [7, 11) is 0. The van der Waals surface area contributed by atoms with Gasteiger partial charge < -0.3 is 0 Å². The molecule has 0 N–H and O–H groups in total. The lowest BCUT2D eigenvalue weighted by Gasteiger charge is -2.03. The first-order valence-corrected chi connectivity index (χ1v) is 2.66. The predicted octanol–water partition coefficient (Wildman–Crippen LogP) is 1.44. The average molecular weight is 180 g/mol. The summed E-state index contributed by atoms with van der Waals surface area (Å²) in [5.41, 5.74) is 0. The summed E-state index contributed by atoms with van der Waals surface area (Å²) in [6.07, 6.45) is 0. The van der Waals surface area contributed by atoms with Crippen molar-refractivity contribution in [2.24, 2.45) is 0 Å². The van der Waals surface area contributed by atoms with Crippen molar-refractivity contribution < 1.29 is 27.2 Å². The molecule has 0 aromatic rings. The zero-order valence-corrected chi connectivity index (χ0v) is 5.33. The van der Waals surface area contributed by atoms with Crippen molar-refractivity contribution >= 4 is 11.6 Å². The van der Waals surface area contributed by atoms with Crippen LogP contribution in [-0.2, 0) is 9.59 Å². The van der Waals surface area contributed by atoms with E-state index in [2.05, 4.69) is 0 Å². The maximum absolute atomic E-state index is 12.1. The van der Waals surface area contributed by atoms with Crippen LogP contribution in [0.3, 0.4) is 0 Å². The summed E-state index contributed by atoms with van der Waals surface area (Å²) >= 11 is 0. The number of allylic oxidation sites excluding steroid dienone is 4. The van der Waals surface area contributed by atoms with Crippen molar-refractivity contribution in [3.05, 3.63) is 23.3 Å². The molecule has 1 rings (SSSR count). The monoisotopic (exact) mass is 180 g/mol. The van der Waals surface area contributed by atoms with E-state index in [0.717, 1.165) is 0 Å². The number of ketones is 2. The Morgan fingerprint density at radius 3 is 0.917 bits per heavy atom. The minimum atomic E-state index is -2.20. The second-order valence-electron chi connectivity index (χ2n) is 1.91. The van der Waals surface area contributed by atoms with Gasteiger partial charge in [-0.3, -0.25) is 9.59 Å². The van der Waals surface area contributed by atoms with Crippen LogP contribution in [-0.4, -0.2) is 11.6 Å². The van der Waals surface area contributed by atoms with E-state index in [1.54, 1.807) is 0 Å². The normalized spacial score (nSPS) is 19.3. The van der Waals surface area contributed by atoms with Gasteiger partial charge in [0, 0.05) is 0 Å². The summed E-state index contributed by atoms with van der Waals surface area (Å²) in [4.78, 5) is 20.4. The summed E-state index contributed by atoms with van der Waals surface area (Å²) in [6.45, 7) is 0. The number of halogens is 4. The smallest absolute Gasteiger partial charge is 0.256 e. The Labute approximate surface area is 63.2 Å². The second-order valence-corrected chi connectivity index (χ2v) is 1.91. The molecule has 1 aliphatic carbocycles.